The van der Waals surface area contributed by atoms with E-state index in [0.717, 1.165) is 21.9 Å². The van der Waals surface area contributed by atoms with Crippen LogP contribution in [0.3, 0.4) is 0 Å². The molecule has 1 aliphatic carbocycles. The van der Waals surface area contributed by atoms with Crippen LogP contribution in [0.2, 0.25) is 5.02 Å². The molecular weight excluding hydrogens is 428 g/mol. The number of benzene rings is 3. The van der Waals surface area contributed by atoms with Crippen molar-refractivity contribution in [2.45, 2.75) is 21.3 Å². The zero-order valence-electron chi connectivity index (χ0n) is 14.9. The highest BCUT2D eigenvalue weighted by Crippen LogP contribution is 2.52. The molecule has 1 aliphatic rings. The lowest BCUT2D eigenvalue weighted by Gasteiger charge is -2.22. The van der Waals surface area contributed by atoms with E-state index in [9.17, 15) is 8.42 Å². The number of nitrogens with zero attached hydrogens (tertiary/aromatic N) is 2. The minimum Gasteiger partial charge on any atom is -0.254 e. The number of sulfonamides is 1. The Labute approximate surface area is 176 Å². The lowest BCUT2D eigenvalue weighted by atomic mass is 10.1. The van der Waals surface area contributed by atoms with Gasteiger partial charge in [-0.1, -0.05) is 59.8 Å². The molecule has 6 nitrogen and oxygen atoms in total. The largest absolute Gasteiger partial charge is 0.254 e. The molecule has 29 heavy (non-hydrogen) atoms. The third-order valence-corrected chi connectivity index (χ3v) is 7.86. The maximum atomic E-state index is 13.1. The molecule has 0 radical (unpaired) electrons. The van der Waals surface area contributed by atoms with Gasteiger partial charge in [0.05, 0.1) is 16.2 Å². The lowest BCUT2D eigenvalue weighted by molar-refractivity contribution is 0.557. The van der Waals surface area contributed by atoms with Crippen LogP contribution >= 0.6 is 23.4 Å². The number of thioether (sulfide) groups is 1. The molecule has 3 aromatic carbocycles. The summed E-state index contributed by atoms with van der Waals surface area (Å²) in [7, 11) is -3.75. The summed E-state index contributed by atoms with van der Waals surface area (Å²) < 4.78 is 29.1. The molecule has 1 heterocycles. The molecule has 2 N–H and O–H groups in total. The predicted octanol–water partition coefficient (Wildman–Crippen LogP) is 4.48. The average Bonchev–Trinajstić information content (AvgIpc) is 3.32. The molecule has 0 fully saturated rings. The molecule has 2 unspecified atom stereocenters. The van der Waals surface area contributed by atoms with Crippen LogP contribution in [0.4, 0.5) is 0 Å². The number of H-pyrrole nitrogens is 1. The molecule has 0 amide bonds. The van der Waals surface area contributed by atoms with Crippen molar-refractivity contribution in [3.63, 3.8) is 0 Å². The van der Waals surface area contributed by atoms with Crippen LogP contribution in [0.1, 0.15) is 22.4 Å². The van der Waals surface area contributed by atoms with Gasteiger partial charge in [0, 0.05) is 5.02 Å². The third kappa shape index (κ3) is 3.32. The molecule has 1 aromatic heterocycles. The van der Waals surface area contributed by atoms with E-state index in [1.165, 1.54) is 30.2 Å². The summed E-state index contributed by atoms with van der Waals surface area (Å²) in [5.74, 6) is 0. The molecule has 0 spiro atoms. The maximum absolute atomic E-state index is 13.1. The number of halogens is 1. The Kier molecular flexibility index (Phi) is 4.59. The fourth-order valence-electron chi connectivity index (χ4n) is 3.72. The van der Waals surface area contributed by atoms with E-state index in [0.29, 0.717) is 10.2 Å². The Hall–Kier alpha value is -2.39. The second-order valence-corrected chi connectivity index (χ2v) is 9.96. The predicted molar refractivity (Wildman–Crippen MR) is 113 cm³/mol. The van der Waals surface area contributed by atoms with Crippen LogP contribution in [0.5, 0.6) is 0 Å². The first kappa shape index (κ1) is 18.6. The Morgan fingerprint density at radius 3 is 2.41 bits per heavy atom. The Morgan fingerprint density at radius 1 is 1.00 bits per heavy atom. The minimum atomic E-state index is -3.75. The summed E-state index contributed by atoms with van der Waals surface area (Å²) in [5.41, 5.74) is 2.02. The molecular formula is C20H15ClN4O2S2. The molecule has 0 aliphatic heterocycles. The molecule has 0 saturated carbocycles. The van der Waals surface area contributed by atoms with Gasteiger partial charge in [-0.3, -0.25) is 5.10 Å². The molecule has 146 valence electrons. The SMILES string of the molecule is O=S(=O)(NC1c2cccc3cccc(c23)C1Sc1ncn[nH]1)c1ccc(Cl)cc1. The number of rotatable bonds is 5. The monoisotopic (exact) mass is 442 g/mol. The van der Waals surface area contributed by atoms with Gasteiger partial charge >= 0.3 is 0 Å². The van der Waals surface area contributed by atoms with E-state index in [2.05, 4.69) is 19.9 Å². The first-order valence-electron chi connectivity index (χ1n) is 8.84. The highest BCUT2D eigenvalue weighted by atomic mass is 35.5. The van der Waals surface area contributed by atoms with Crippen LogP contribution < -0.4 is 4.72 Å². The Morgan fingerprint density at radius 2 is 1.72 bits per heavy atom. The van der Waals surface area contributed by atoms with Crippen LogP contribution in [-0.4, -0.2) is 23.6 Å². The van der Waals surface area contributed by atoms with Gasteiger partial charge in [0.25, 0.3) is 0 Å². The summed E-state index contributed by atoms with van der Waals surface area (Å²) in [5, 5.41) is 9.86. The van der Waals surface area contributed by atoms with Gasteiger partial charge < -0.3 is 0 Å². The van der Waals surface area contributed by atoms with Gasteiger partial charge in [-0.2, -0.15) is 5.10 Å². The molecule has 5 rings (SSSR count). The zero-order valence-corrected chi connectivity index (χ0v) is 17.3. The van der Waals surface area contributed by atoms with Gasteiger partial charge in [0.1, 0.15) is 6.33 Å². The van der Waals surface area contributed by atoms with Crippen molar-refractivity contribution in [1.29, 1.82) is 0 Å². The summed E-state index contributed by atoms with van der Waals surface area (Å²) >= 11 is 7.37. The highest BCUT2D eigenvalue weighted by molar-refractivity contribution is 7.99. The second kappa shape index (κ2) is 7.14. The standard InChI is InChI=1S/C20H15ClN4O2S2/c21-13-7-9-14(10-8-13)29(26,27)25-18-15-5-1-3-12-4-2-6-16(17(12)15)19(18)28-20-22-11-23-24-20/h1-11,18-19,25H,(H,22,23,24). The average molecular weight is 443 g/mol. The van der Waals surface area contributed by atoms with E-state index in [-0.39, 0.29) is 10.1 Å². The fourth-order valence-corrected chi connectivity index (χ4v) is 6.28. The number of hydrogen-bond acceptors (Lipinski definition) is 5. The molecule has 9 heteroatoms. The van der Waals surface area contributed by atoms with Gasteiger partial charge in [0.15, 0.2) is 5.16 Å². The van der Waals surface area contributed by atoms with Crippen LogP contribution in [0.15, 0.2) is 77.0 Å². The quantitative estimate of drug-likeness (QED) is 0.475. The summed E-state index contributed by atoms with van der Waals surface area (Å²) in [6.45, 7) is 0. The topological polar surface area (TPSA) is 87.7 Å². The highest BCUT2D eigenvalue weighted by Gasteiger charge is 2.38. The molecule has 0 bridgehead atoms. The smallest absolute Gasteiger partial charge is 0.241 e. The second-order valence-electron chi connectivity index (χ2n) is 6.67. The van der Waals surface area contributed by atoms with Gasteiger partial charge in [-0.25, -0.2) is 18.1 Å². The summed E-state index contributed by atoms with van der Waals surface area (Å²) in [4.78, 5) is 4.38. The van der Waals surface area contributed by atoms with Crippen molar-refractivity contribution in [2.75, 3.05) is 0 Å². The van der Waals surface area contributed by atoms with E-state index in [4.69, 9.17) is 11.6 Å². The van der Waals surface area contributed by atoms with E-state index in [1.807, 2.05) is 36.4 Å². The van der Waals surface area contributed by atoms with Crippen molar-refractivity contribution < 1.29 is 8.42 Å². The first-order valence-corrected chi connectivity index (χ1v) is 11.6. The summed E-state index contributed by atoms with van der Waals surface area (Å²) in [6.07, 6.45) is 1.44. The Balaban J connectivity index is 1.60. The number of hydrogen-bond donors (Lipinski definition) is 2. The van der Waals surface area contributed by atoms with Gasteiger partial charge in [-0.05, 0) is 46.2 Å². The molecule has 4 aromatic rings. The van der Waals surface area contributed by atoms with Crippen molar-refractivity contribution in [2.24, 2.45) is 0 Å². The van der Waals surface area contributed by atoms with Crippen LogP contribution in [-0.2, 0) is 10.0 Å². The van der Waals surface area contributed by atoms with E-state index in [1.54, 1.807) is 12.1 Å². The normalized spacial score (nSPS) is 18.4. The molecule has 0 saturated heterocycles. The van der Waals surface area contributed by atoms with Crippen LogP contribution in [0.25, 0.3) is 10.8 Å². The van der Waals surface area contributed by atoms with Gasteiger partial charge in [-0.15, -0.1) is 0 Å². The molecule has 2 atom stereocenters. The van der Waals surface area contributed by atoms with Crippen molar-refractivity contribution in [3.8, 4) is 0 Å². The number of aromatic nitrogens is 3. The lowest BCUT2D eigenvalue weighted by Crippen LogP contribution is -2.30. The Bertz CT molecular complexity index is 1290. The minimum absolute atomic E-state index is 0.174. The van der Waals surface area contributed by atoms with Crippen LogP contribution in [0, 0.1) is 0 Å². The van der Waals surface area contributed by atoms with Crippen molar-refractivity contribution >= 4 is 44.2 Å². The van der Waals surface area contributed by atoms with Crippen molar-refractivity contribution in [3.05, 3.63) is 83.1 Å². The third-order valence-electron chi connectivity index (χ3n) is 4.95. The number of nitrogens with one attached hydrogen (secondary N) is 2. The van der Waals surface area contributed by atoms with Crippen molar-refractivity contribution in [1.82, 2.24) is 19.9 Å². The first-order chi connectivity index (χ1) is 14.0. The zero-order chi connectivity index (χ0) is 20.0. The fraction of sp³-hybridized carbons (Fsp3) is 0.100. The maximum Gasteiger partial charge on any atom is 0.241 e. The van der Waals surface area contributed by atoms with Gasteiger partial charge in [0.2, 0.25) is 10.0 Å². The van der Waals surface area contributed by atoms with E-state index >= 15 is 0 Å². The number of aromatic amines is 1. The van der Waals surface area contributed by atoms with E-state index < -0.39 is 16.1 Å². The summed E-state index contributed by atoms with van der Waals surface area (Å²) in [6, 6.07) is 17.7.